The van der Waals surface area contributed by atoms with Crippen LogP contribution in [0.3, 0.4) is 0 Å². The number of benzene rings is 1. The second kappa shape index (κ2) is 7.04. The number of halogens is 4. The molecule has 0 saturated carbocycles. The van der Waals surface area contributed by atoms with Gasteiger partial charge in [0.15, 0.2) is 17.5 Å². The zero-order valence-corrected chi connectivity index (χ0v) is 12.9. The molecule has 0 bridgehead atoms. The molecule has 1 N–H and O–H groups in total. The normalized spacial score (nSPS) is 12.4. The highest BCUT2D eigenvalue weighted by atomic mass is 79.9. The molecule has 0 aliphatic rings. The summed E-state index contributed by atoms with van der Waals surface area (Å²) >= 11 is 3.30. The molecule has 0 radical (unpaired) electrons. The molecule has 6 heteroatoms. The third kappa shape index (κ3) is 4.04. The van der Waals surface area contributed by atoms with E-state index in [1.165, 1.54) is 0 Å². The van der Waals surface area contributed by atoms with Crippen molar-refractivity contribution in [2.24, 2.45) is 0 Å². The van der Waals surface area contributed by atoms with Crippen LogP contribution >= 0.6 is 15.9 Å². The molecule has 2 aromatic rings. The molecule has 1 aromatic heterocycles. The standard InChI is InChI=1S/C15H14BrF3N2/c1-2-20-14(7-11-4-3-10(16)8-21-11)9-5-12(17)15(19)13(18)6-9/h3-6,8,14,20H,2,7H2,1H3. The zero-order valence-electron chi connectivity index (χ0n) is 11.3. The van der Waals surface area contributed by atoms with Gasteiger partial charge in [0, 0.05) is 28.8 Å². The molecule has 1 atom stereocenters. The third-order valence-electron chi connectivity index (χ3n) is 3.06. The van der Waals surface area contributed by atoms with Crippen molar-refractivity contribution < 1.29 is 13.2 Å². The number of pyridine rings is 1. The Labute approximate surface area is 129 Å². The third-order valence-corrected chi connectivity index (χ3v) is 3.53. The van der Waals surface area contributed by atoms with Crippen molar-refractivity contribution in [1.82, 2.24) is 10.3 Å². The van der Waals surface area contributed by atoms with Gasteiger partial charge in [-0.15, -0.1) is 0 Å². The van der Waals surface area contributed by atoms with Gasteiger partial charge >= 0.3 is 0 Å². The van der Waals surface area contributed by atoms with Gasteiger partial charge in [-0.3, -0.25) is 4.98 Å². The Morgan fingerprint density at radius 3 is 2.38 bits per heavy atom. The number of nitrogens with one attached hydrogen (secondary N) is 1. The van der Waals surface area contributed by atoms with Crippen molar-refractivity contribution in [2.45, 2.75) is 19.4 Å². The molecule has 1 aromatic carbocycles. The Morgan fingerprint density at radius 2 is 1.86 bits per heavy atom. The van der Waals surface area contributed by atoms with Crippen LogP contribution in [-0.2, 0) is 6.42 Å². The highest BCUT2D eigenvalue weighted by Gasteiger charge is 2.17. The van der Waals surface area contributed by atoms with E-state index in [4.69, 9.17) is 0 Å². The van der Waals surface area contributed by atoms with E-state index in [1.807, 2.05) is 19.1 Å². The maximum absolute atomic E-state index is 13.4. The fourth-order valence-electron chi connectivity index (χ4n) is 2.07. The Bertz CT molecular complexity index is 594. The summed E-state index contributed by atoms with van der Waals surface area (Å²) in [6.45, 7) is 2.50. The molecular formula is C15H14BrF3N2. The van der Waals surface area contributed by atoms with E-state index in [0.29, 0.717) is 18.5 Å². The van der Waals surface area contributed by atoms with Crippen LogP contribution in [0.25, 0.3) is 0 Å². The summed E-state index contributed by atoms with van der Waals surface area (Å²) in [5.41, 5.74) is 1.13. The van der Waals surface area contributed by atoms with Gasteiger partial charge in [-0.25, -0.2) is 13.2 Å². The highest BCUT2D eigenvalue weighted by molar-refractivity contribution is 9.10. The topological polar surface area (TPSA) is 24.9 Å². The summed E-state index contributed by atoms with van der Waals surface area (Å²) < 4.78 is 40.6. The number of aromatic nitrogens is 1. The fraction of sp³-hybridized carbons (Fsp3) is 0.267. The molecule has 0 aliphatic carbocycles. The summed E-state index contributed by atoms with van der Waals surface area (Å²) in [5, 5.41) is 3.13. The number of likely N-dealkylation sites (N-methyl/N-ethyl adjacent to an activating group) is 1. The van der Waals surface area contributed by atoms with E-state index in [-0.39, 0.29) is 6.04 Å². The summed E-state index contributed by atoms with van der Waals surface area (Å²) in [5.74, 6) is -3.82. The van der Waals surface area contributed by atoms with Gasteiger partial charge in [0.05, 0.1) is 0 Å². The predicted octanol–water partition coefficient (Wildman–Crippen LogP) is 4.15. The van der Waals surface area contributed by atoms with Crippen LogP contribution in [-0.4, -0.2) is 11.5 Å². The van der Waals surface area contributed by atoms with Gasteiger partial charge in [-0.05, 0) is 52.3 Å². The van der Waals surface area contributed by atoms with E-state index >= 15 is 0 Å². The molecule has 21 heavy (non-hydrogen) atoms. The van der Waals surface area contributed by atoms with E-state index in [2.05, 4.69) is 26.2 Å². The molecule has 1 unspecified atom stereocenters. The average Bonchev–Trinajstić information content (AvgIpc) is 2.46. The SMILES string of the molecule is CCNC(Cc1ccc(Br)cn1)c1cc(F)c(F)c(F)c1. The van der Waals surface area contributed by atoms with E-state index < -0.39 is 17.5 Å². The number of hydrogen-bond acceptors (Lipinski definition) is 2. The van der Waals surface area contributed by atoms with Crippen molar-refractivity contribution in [3.05, 3.63) is 63.6 Å². The van der Waals surface area contributed by atoms with Crippen LogP contribution in [0.1, 0.15) is 24.2 Å². The lowest BCUT2D eigenvalue weighted by atomic mass is 10.0. The largest absolute Gasteiger partial charge is 0.310 e. The maximum atomic E-state index is 13.4. The van der Waals surface area contributed by atoms with Gasteiger partial charge < -0.3 is 5.32 Å². The van der Waals surface area contributed by atoms with Crippen LogP contribution in [0.5, 0.6) is 0 Å². The lowest BCUT2D eigenvalue weighted by molar-refractivity contribution is 0.439. The first-order chi connectivity index (χ1) is 10.0. The molecule has 0 aliphatic heterocycles. The molecule has 2 nitrogen and oxygen atoms in total. The number of nitrogens with zero attached hydrogens (tertiary/aromatic N) is 1. The van der Waals surface area contributed by atoms with Crippen molar-refractivity contribution in [1.29, 1.82) is 0 Å². The first kappa shape index (κ1) is 16.0. The van der Waals surface area contributed by atoms with E-state index in [1.54, 1.807) is 6.20 Å². The van der Waals surface area contributed by atoms with Crippen molar-refractivity contribution in [3.63, 3.8) is 0 Å². The molecule has 1 heterocycles. The van der Waals surface area contributed by atoms with Crippen LogP contribution < -0.4 is 5.32 Å². The molecule has 2 rings (SSSR count). The summed E-state index contributed by atoms with van der Waals surface area (Å²) in [6.07, 6.45) is 2.11. The summed E-state index contributed by atoms with van der Waals surface area (Å²) in [6, 6.07) is 5.37. The van der Waals surface area contributed by atoms with Crippen LogP contribution in [0.15, 0.2) is 34.9 Å². The smallest absolute Gasteiger partial charge is 0.194 e. The Balaban J connectivity index is 2.28. The fourth-order valence-corrected chi connectivity index (χ4v) is 2.30. The molecule has 0 amide bonds. The Morgan fingerprint density at radius 1 is 1.19 bits per heavy atom. The van der Waals surface area contributed by atoms with Gasteiger partial charge in [-0.2, -0.15) is 0 Å². The van der Waals surface area contributed by atoms with Crippen molar-refractivity contribution in [3.8, 4) is 0 Å². The maximum Gasteiger partial charge on any atom is 0.194 e. The van der Waals surface area contributed by atoms with Gasteiger partial charge in [0.2, 0.25) is 0 Å². The first-order valence-corrected chi connectivity index (χ1v) is 7.28. The van der Waals surface area contributed by atoms with Gasteiger partial charge in [-0.1, -0.05) is 6.92 Å². The van der Waals surface area contributed by atoms with Gasteiger partial charge in [0.25, 0.3) is 0 Å². The first-order valence-electron chi connectivity index (χ1n) is 6.49. The molecule has 0 fully saturated rings. The van der Waals surface area contributed by atoms with Crippen LogP contribution in [0.2, 0.25) is 0 Å². The summed E-state index contributed by atoms with van der Waals surface area (Å²) in [7, 11) is 0. The monoisotopic (exact) mass is 358 g/mol. The zero-order chi connectivity index (χ0) is 15.4. The van der Waals surface area contributed by atoms with Crippen LogP contribution in [0, 0.1) is 17.5 Å². The van der Waals surface area contributed by atoms with Gasteiger partial charge in [0.1, 0.15) is 0 Å². The summed E-state index contributed by atoms with van der Waals surface area (Å²) in [4.78, 5) is 4.24. The number of rotatable bonds is 5. The van der Waals surface area contributed by atoms with Crippen molar-refractivity contribution >= 4 is 15.9 Å². The number of hydrogen-bond donors (Lipinski definition) is 1. The lowest BCUT2D eigenvalue weighted by Gasteiger charge is -2.18. The molecular weight excluding hydrogens is 345 g/mol. The highest BCUT2D eigenvalue weighted by Crippen LogP contribution is 2.22. The van der Waals surface area contributed by atoms with E-state index in [0.717, 1.165) is 22.3 Å². The second-order valence-electron chi connectivity index (χ2n) is 4.58. The van der Waals surface area contributed by atoms with E-state index in [9.17, 15) is 13.2 Å². The Hall–Kier alpha value is -1.40. The molecule has 0 spiro atoms. The predicted molar refractivity (Wildman–Crippen MR) is 78.4 cm³/mol. The quantitative estimate of drug-likeness (QED) is 0.812. The second-order valence-corrected chi connectivity index (χ2v) is 5.50. The Kier molecular flexibility index (Phi) is 5.36. The van der Waals surface area contributed by atoms with Crippen LogP contribution in [0.4, 0.5) is 13.2 Å². The minimum Gasteiger partial charge on any atom is -0.310 e. The lowest BCUT2D eigenvalue weighted by Crippen LogP contribution is -2.23. The molecule has 112 valence electrons. The van der Waals surface area contributed by atoms with Crippen molar-refractivity contribution in [2.75, 3.05) is 6.54 Å². The minimum atomic E-state index is -1.45. The minimum absolute atomic E-state index is 0.340. The molecule has 0 saturated heterocycles. The average molecular weight is 359 g/mol.